The molecule has 11 heteroatoms. The summed E-state index contributed by atoms with van der Waals surface area (Å²) < 4.78 is 38.1. The Morgan fingerprint density at radius 1 is 1.19 bits per heavy atom. The molecule has 1 aromatic rings. The zero-order chi connectivity index (χ0) is 19.1. The molecule has 0 radical (unpaired) electrons. The highest BCUT2D eigenvalue weighted by molar-refractivity contribution is 7.13. The third-order valence-electron chi connectivity index (χ3n) is 5.05. The van der Waals surface area contributed by atoms with E-state index in [0.717, 1.165) is 23.1 Å². The number of aliphatic hydroxyl groups excluding tert-OH is 4. The lowest BCUT2D eigenvalue weighted by molar-refractivity contribution is -0.146. The Bertz CT molecular complexity index is 617. The summed E-state index contributed by atoms with van der Waals surface area (Å²) in [5, 5.41) is 40.4. The molecule has 3 rings (SSSR count). The molecule has 148 valence electrons. The minimum atomic E-state index is -4.46. The van der Waals surface area contributed by atoms with Gasteiger partial charge >= 0.3 is 6.18 Å². The molecule has 5 atom stereocenters. The first-order chi connectivity index (χ1) is 12.2. The van der Waals surface area contributed by atoms with Crippen LogP contribution in [0.1, 0.15) is 12.1 Å². The van der Waals surface area contributed by atoms with Crippen LogP contribution in [0.4, 0.5) is 18.3 Å². The van der Waals surface area contributed by atoms with Gasteiger partial charge in [0.2, 0.25) is 0 Å². The summed E-state index contributed by atoms with van der Waals surface area (Å²) in [6.07, 6.45) is -7.40. The Hall–Kier alpha value is -0.980. The number of likely N-dealkylation sites (tertiary alicyclic amines) is 1. The summed E-state index contributed by atoms with van der Waals surface area (Å²) in [4.78, 5) is 7.19. The second kappa shape index (κ2) is 7.56. The lowest BCUT2D eigenvalue weighted by Crippen LogP contribution is -2.63. The molecule has 0 saturated carbocycles. The predicted molar refractivity (Wildman–Crippen MR) is 87.9 cm³/mol. The monoisotopic (exact) mass is 397 g/mol. The number of hydrogen-bond donors (Lipinski definition) is 4. The normalized spacial score (nSPS) is 33.8. The molecule has 2 aliphatic heterocycles. The lowest BCUT2D eigenvalue weighted by Gasteiger charge is -2.44. The smallest absolute Gasteiger partial charge is 0.395 e. The zero-order valence-corrected chi connectivity index (χ0v) is 14.7. The number of anilines is 1. The number of aromatic nitrogens is 1. The van der Waals surface area contributed by atoms with Gasteiger partial charge in [-0.1, -0.05) is 0 Å². The fraction of sp³-hybridized carbons (Fsp3) is 0.800. The van der Waals surface area contributed by atoms with E-state index >= 15 is 0 Å². The number of halogens is 3. The van der Waals surface area contributed by atoms with Gasteiger partial charge in [-0.25, -0.2) is 4.98 Å². The van der Waals surface area contributed by atoms with Crippen LogP contribution in [0.3, 0.4) is 0 Å². The highest BCUT2D eigenvalue weighted by atomic mass is 32.1. The molecule has 3 heterocycles. The third kappa shape index (κ3) is 3.97. The SMILES string of the molecule is OC[C@H]1C(O)C(O)C(O)CN1C[C@H]1CCN(c2nc(C(F)(F)F)cs2)C1. The van der Waals surface area contributed by atoms with Crippen molar-refractivity contribution in [3.8, 4) is 0 Å². The molecular formula is C15H22F3N3O4S. The van der Waals surface area contributed by atoms with Gasteiger partial charge < -0.3 is 25.3 Å². The van der Waals surface area contributed by atoms with Gasteiger partial charge in [-0.05, 0) is 12.3 Å². The van der Waals surface area contributed by atoms with Crippen molar-refractivity contribution in [2.75, 3.05) is 37.7 Å². The number of nitrogens with zero attached hydrogens (tertiary/aromatic N) is 3. The number of thiazole rings is 1. The van der Waals surface area contributed by atoms with Crippen LogP contribution in [0.5, 0.6) is 0 Å². The topological polar surface area (TPSA) is 100 Å². The van der Waals surface area contributed by atoms with Crippen LogP contribution in [0.25, 0.3) is 0 Å². The summed E-state index contributed by atoms with van der Waals surface area (Å²) in [5.74, 6) is 0.0944. The van der Waals surface area contributed by atoms with Crippen LogP contribution in [-0.4, -0.2) is 87.4 Å². The Morgan fingerprint density at radius 3 is 2.54 bits per heavy atom. The number of aliphatic hydroxyl groups is 4. The van der Waals surface area contributed by atoms with Crippen molar-refractivity contribution in [3.63, 3.8) is 0 Å². The molecule has 2 aliphatic rings. The van der Waals surface area contributed by atoms with Crippen molar-refractivity contribution in [2.24, 2.45) is 5.92 Å². The Balaban J connectivity index is 1.61. The van der Waals surface area contributed by atoms with Gasteiger partial charge in [0.05, 0.1) is 18.8 Å². The molecule has 0 aliphatic carbocycles. The lowest BCUT2D eigenvalue weighted by atomic mass is 9.93. The Morgan fingerprint density at radius 2 is 1.92 bits per heavy atom. The zero-order valence-electron chi connectivity index (χ0n) is 13.9. The maximum absolute atomic E-state index is 12.7. The second-order valence-electron chi connectivity index (χ2n) is 6.87. The molecule has 0 bridgehead atoms. The van der Waals surface area contributed by atoms with E-state index in [-0.39, 0.29) is 19.1 Å². The van der Waals surface area contributed by atoms with Crippen LogP contribution in [-0.2, 0) is 6.18 Å². The molecule has 4 N–H and O–H groups in total. The summed E-state index contributed by atoms with van der Waals surface area (Å²) in [5.41, 5.74) is -0.891. The quantitative estimate of drug-likeness (QED) is 0.556. The first-order valence-electron chi connectivity index (χ1n) is 8.37. The van der Waals surface area contributed by atoms with E-state index in [0.29, 0.717) is 24.8 Å². The highest BCUT2D eigenvalue weighted by Crippen LogP contribution is 2.35. The van der Waals surface area contributed by atoms with E-state index in [2.05, 4.69) is 4.98 Å². The van der Waals surface area contributed by atoms with E-state index < -0.39 is 36.2 Å². The van der Waals surface area contributed by atoms with Crippen LogP contribution < -0.4 is 4.90 Å². The van der Waals surface area contributed by atoms with Crippen LogP contribution in [0, 0.1) is 5.92 Å². The number of hydrogen-bond acceptors (Lipinski definition) is 8. The van der Waals surface area contributed by atoms with Gasteiger partial charge in [0, 0.05) is 31.6 Å². The van der Waals surface area contributed by atoms with Crippen LogP contribution in [0.2, 0.25) is 0 Å². The number of β-amino-alcohol motifs (C(OH)–C–C–N with tert-alkyl or cyclic N) is 1. The van der Waals surface area contributed by atoms with E-state index in [4.69, 9.17) is 0 Å². The highest BCUT2D eigenvalue weighted by Gasteiger charge is 2.42. The van der Waals surface area contributed by atoms with Crippen LogP contribution in [0.15, 0.2) is 5.38 Å². The van der Waals surface area contributed by atoms with Crippen molar-refractivity contribution in [1.29, 1.82) is 0 Å². The third-order valence-corrected chi connectivity index (χ3v) is 5.95. The molecule has 2 saturated heterocycles. The maximum atomic E-state index is 12.7. The van der Waals surface area contributed by atoms with Crippen molar-refractivity contribution in [2.45, 2.75) is 37.0 Å². The molecular weight excluding hydrogens is 375 g/mol. The van der Waals surface area contributed by atoms with E-state index in [1.807, 2.05) is 0 Å². The average molecular weight is 397 g/mol. The first-order valence-corrected chi connectivity index (χ1v) is 9.25. The van der Waals surface area contributed by atoms with Gasteiger partial charge in [0.1, 0.15) is 12.2 Å². The van der Waals surface area contributed by atoms with Crippen molar-refractivity contribution in [3.05, 3.63) is 11.1 Å². The van der Waals surface area contributed by atoms with Gasteiger partial charge in [-0.2, -0.15) is 13.2 Å². The van der Waals surface area contributed by atoms with Gasteiger partial charge in [0.15, 0.2) is 10.8 Å². The summed E-state index contributed by atoms with van der Waals surface area (Å²) in [6.45, 7) is 1.30. The summed E-state index contributed by atoms with van der Waals surface area (Å²) in [7, 11) is 0. The molecule has 3 unspecified atom stereocenters. The fourth-order valence-corrected chi connectivity index (χ4v) is 4.48. The van der Waals surface area contributed by atoms with Gasteiger partial charge in [0.25, 0.3) is 0 Å². The number of rotatable bonds is 4. The molecule has 0 aromatic carbocycles. The number of alkyl halides is 3. The van der Waals surface area contributed by atoms with Crippen LogP contribution >= 0.6 is 11.3 Å². The average Bonchev–Trinajstić information content (AvgIpc) is 3.21. The second-order valence-corrected chi connectivity index (χ2v) is 7.70. The molecule has 0 spiro atoms. The Kier molecular flexibility index (Phi) is 5.75. The molecule has 0 amide bonds. The molecule has 1 aromatic heterocycles. The van der Waals surface area contributed by atoms with Gasteiger partial charge in [-0.3, -0.25) is 4.90 Å². The van der Waals surface area contributed by atoms with E-state index in [9.17, 15) is 33.6 Å². The molecule has 26 heavy (non-hydrogen) atoms. The number of piperidine rings is 1. The maximum Gasteiger partial charge on any atom is 0.434 e. The van der Waals surface area contributed by atoms with Crippen molar-refractivity contribution < 1.29 is 33.6 Å². The van der Waals surface area contributed by atoms with E-state index in [1.54, 1.807) is 9.80 Å². The minimum Gasteiger partial charge on any atom is -0.395 e. The first kappa shape index (κ1) is 19.8. The summed E-state index contributed by atoms with van der Waals surface area (Å²) >= 11 is 0.956. The Labute approximate surface area is 152 Å². The molecule has 2 fully saturated rings. The molecule has 7 nitrogen and oxygen atoms in total. The van der Waals surface area contributed by atoms with Crippen molar-refractivity contribution in [1.82, 2.24) is 9.88 Å². The van der Waals surface area contributed by atoms with Crippen molar-refractivity contribution >= 4 is 16.5 Å². The minimum absolute atomic E-state index is 0.0944. The van der Waals surface area contributed by atoms with Gasteiger partial charge in [-0.15, -0.1) is 11.3 Å². The van der Waals surface area contributed by atoms with E-state index in [1.165, 1.54) is 0 Å². The predicted octanol–water partition coefficient (Wildman–Crippen LogP) is -0.253. The standard InChI is InChI=1S/C15H22F3N3O4S/c16-15(17,18)11-7-26-14(19-11)20-2-1-8(3-20)4-21-5-10(23)13(25)12(24)9(21)6-22/h7-10,12-13,22-25H,1-6H2/t8-,9-,10?,12?,13?/m0/s1. The largest absolute Gasteiger partial charge is 0.434 e. The fourth-order valence-electron chi connectivity index (χ4n) is 3.62. The summed E-state index contributed by atoms with van der Waals surface area (Å²) in [6, 6.07) is -0.681.